The van der Waals surface area contributed by atoms with E-state index in [1.807, 2.05) is 12.3 Å². The normalized spacial score (nSPS) is 13.9. The van der Waals surface area contributed by atoms with Crippen LogP contribution >= 0.6 is 12.4 Å². The summed E-state index contributed by atoms with van der Waals surface area (Å²) in [6.07, 6.45) is 5.57. The molecule has 0 saturated heterocycles. The van der Waals surface area contributed by atoms with Crippen molar-refractivity contribution in [3.63, 3.8) is 0 Å². The van der Waals surface area contributed by atoms with Gasteiger partial charge in [-0.05, 0) is 30.9 Å². The van der Waals surface area contributed by atoms with Gasteiger partial charge in [0.15, 0.2) is 0 Å². The molecule has 0 bridgehead atoms. The number of fused-ring (bicyclic) bond motifs is 5. The molecule has 1 N–H and O–H groups in total. The summed E-state index contributed by atoms with van der Waals surface area (Å²) in [7, 11) is 0. The maximum atomic E-state index is 4.49. The van der Waals surface area contributed by atoms with Gasteiger partial charge in [0.1, 0.15) is 0 Å². The van der Waals surface area contributed by atoms with E-state index in [1.165, 1.54) is 46.8 Å². The Hall–Kier alpha value is -1.54. The Morgan fingerprint density at radius 1 is 1.12 bits per heavy atom. The number of hydrogen-bond donors (Lipinski definition) is 1. The van der Waals surface area contributed by atoms with Gasteiger partial charge in [0, 0.05) is 22.7 Å². The van der Waals surface area contributed by atoms with Gasteiger partial charge >= 0.3 is 0 Å². The van der Waals surface area contributed by atoms with Crippen LogP contribution in [0.4, 0.5) is 0 Å². The molecule has 0 amide bonds. The van der Waals surface area contributed by atoms with E-state index < -0.39 is 0 Å². The Morgan fingerprint density at radius 3 is 3.00 bits per heavy atom. The molecule has 3 heteroatoms. The van der Waals surface area contributed by atoms with E-state index in [2.05, 4.69) is 28.2 Å². The zero-order valence-corrected chi connectivity index (χ0v) is 10.2. The third-order valence-electron chi connectivity index (χ3n) is 3.59. The quantitative estimate of drug-likeness (QED) is 0.643. The number of aryl methyl sites for hydroxylation is 2. The van der Waals surface area contributed by atoms with Crippen molar-refractivity contribution in [2.24, 2.45) is 0 Å². The number of nitrogens with one attached hydrogen (secondary N) is 1. The van der Waals surface area contributed by atoms with Crippen molar-refractivity contribution in [1.29, 1.82) is 0 Å². The second-order valence-corrected chi connectivity index (χ2v) is 4.50. The van der Waals surface area contributed by atoms with E-state index in [4.69, 9.17) is 0 Å². The van der Waals surface area contributed by atoms with Crippen molar-refractivity contribution < 1.29 is 0 Å². The molecular weight excluding hydrogens is 232 g/mol. The second kappa shape index (κ2) is 3.74. The fraction of sp³-hybridized carbons (Fsp3) is 0.214. The maximum Gasteiger partial charge on any atom is 0.0942 e. The molecule has 0 fully saturated rings. The zero-order valence-electron chi connectivity index (χ0n) is 9.36. The highest BCUT2D eigenvalue weighted by molar-refractivity contribution is 6.04. The number of benzene rings is 1. The first-order valence-electron chi connectivity index (χ1n) is 5.80. The standard InChI is InChI=1S/C14H12N2.ClH/c1-4-10-11-7-6-9-3-2-8-15-13(9)14(11)16-12(10)5-1;/h2-3,6-8,16H,1,4-5H2;1H. The molecular formula is C14H13ClN2. The molecule has 2 nitrogen and oxygen atoms in total. The highest BCUT2D eigenvalue weighted by Crippen LogP contribution is 2.32. The second-order valence-electron chi connectivity index (χ2n) is 4.50. The third kappa shape index (κ3) is 1.37. The third-order valence-corrected chi connectivity index (χ3v) is 3.59. The van der Waals surface area contributed by atoms with Crippen LogP contribution in [-0.4, -0.2) is 9.97 Å². The Morgan fingerprint density at radius 2 is 2.06 bits per heavy atom. The number of aromatic nitrogens is 2. The number of nitrogens with zero attached hydrogens (tertiary/aromatic N) is 1. The predicted molar refractivity (Wildman–Crippen MR) is 72.9 cm³/mol. The van der Waals surface area contributed by atoms with Crippen LogP contribution < -0.4 is 0 Å². The van der Waals surface area contributed by atoms with Gasteiger partial charge in [0.05, 0.1) is 11.0 Å². The lowest BCUT2D eigenvalue weighted by Crippen LogP contribution is -1.82. The van der Waals surface area contributed by atoms with Crippen LogP contribution in [0.25, 0.3) is 21.8 Å². The molecule has 0 atom stereocenters. The average molecular weight is 245 g/mol. The summed E-state index contributed by atoms with van der Waals surface area (Å²) in [5, 5.41) is 2.59. The summed E-state index contributed by atoms with van der Waals surface area (Å²) in [6, 6.07) is 8.52. The molecule has 0 saturated carbocycles. The van der Waals surface area contributed by atoms with E-state index >= 15 is 0 Å². The van der Waals surface area contributed by atoms with Gasteiger partial charge in [-0.1, -0.05) is 18.2 Å². The minimum Gasteiger partial charge on any atom is -0.356 e. The molecule has 1 aliphatic rings. The van der Waals surface area contributed by atoms with Gasteiger partial charge < -0.3 is 4.98 Å². The van der Waals surface area contributed by atoms with Crippen molar-refractivity contribution in [2.75, 3.05) is 0 Å². The number of H-pyrrole nitrogens is 1. The van der Waals surface area contributed by atoms with Crippen LogP contribution in [0.15, 0.2) is 30.5 Å². The van der Waals surface area contributed by atoms with Gasteiger partial charge in [-0.3, -0.25) is 4.98 Å². The SMILES string of the molecule is Cl.c1cnc2c(c1)ccc1c3c([nH]c12)CCC3. The van der Waals surface area contributed by atoms with Crippen LogP contribution in [0.3, 0.4) is 0 Å². The molecule has 3 aromatic rings. The molecule has 17 heavy (non-hydrogen) atoms. The number of aromatic amines is 1. The average Bonchev–Trinajstić information content (AvgIpc) is 2.88. The summed E-state index contributed by atoms with van der Waals surface area (Å²) >= 11 is 0. The minimum absolute atomic E-state index is 0. The van der Waals surface area contributed by atoms with E-state index in [0.717, 1.165) is 5.52 Å². The summed E-state index contributed by atoms with van der Waals surface area (Å²) in [5.41, 5.74) is 5.27. The van der Waals surface area contributed by atoms with Gasteiger partial charge in [0.2, 0.25) is 0 Å². The fourth-order valence-corrected chi connectivity index (χ4v) is 2.85. The smallest absolute Gasteiger partial charge is 0.0942 e. The van der Waals surface area contributed by atoms with Gasteiger partial charge in [0.25, 0.3) is 0 Å². The Labute approximate surface area is 105 Å². The summed E-state index contributed by atoms with van der Waals surface area (Å²) < 4.78 is 0. The molecule has 0 spiro atoms. The predicted octanol–water partition coefficient (Wildman–Crippen LogP) is 3.63. The van der Waals surface area contributed by atoms with Crippen LogP contribution in [0.2, 0.25) is 0 Å². The number of rotatable bonds is 0. The van der Waals surface area contributed by atoms with Gasteiger partial charge in [-0.15, -0.1) is 12.4 Å². The molecule has 1 aliphatic carbocycles. The van der Waals surface area contributed by atoms with Crippen molar-refractivity contribution in [1.82, 2.24) is 9.97 Å². The van der Waals surface area contributed by atoms with Gasteiger partial charge in [-0.25, -0.2) is 0 Å². The lowest BCUT2D eigenvalue weighted by molar-refractivity contribution is 0.899. The van der Waals surface area contributed by atoms with Crippen LogP contribution in [-0.2, 0) is 12.8 Å². The monoisotopic (exact) mass is 244 g/mol. The molecule has 4 rings (SSSR count). The molecule has 1 aromatic carbocycles. The fourth-order valence-electron chi connectivity index (χ4n) is 2.85. The summed E-state index contributed by atoms with van der Waals surface area (Å²) in [6.45, 7) is 0. The topological polar surface area (TPSA) is 28.7 Å². The molecule has 0 aliphatic heterocycles. The first kappa shape index (κ1) is 10.6. The van der Waals surface area contributed by atoms with E-state index in [9.17, 15) is 0 Å². The Bertz CT molecular complexity index is 700. The Kier molecular flexibility index (Phi) is 2.33. The van der Waals surface area contributed by atoms with Crippen LogP contribution in [0, 0.1) is 0 Å². The molecule has 2 heterocycles. The van der Waals surface area contributed by atoms with Gasteiger partial charge in [-0.2, -0.15) is 0 Å². The minimum atomic E-state index is 0. The van der Waals surface area contributed by atoms with Crippen molar-refractivity contribution in [2.45, 2.75) is 19.3 Å². The highest BCUT2D eigenvalue weighted by Gasteiger charge is 2.17. The van der Waals surface area contributed by atoms with E-state index in [0.29, 0.717) is 0 Å². The van der Waals surface area contributed by atoms with Crippen molar-refractivity contribution >= 4 is 34.2 Å². The Balaban J connectivity index is 0.000000902. The highest BCUT2D eigenvalue weighted by atomic mass is 35.5. The zero-order chi connectivity index (χ0) is 10.5. The maximum absolute atomic E-state index is 4.49. The summed E-state index contributed by atoms with van der Waals surface area (Å²) in [4.78, 5) is 8.05. The number of halogens is 1. The van der Waals surface area contributed by atoms with E-state index in [-0.39, 0.29) is 12.4 Å². The van der Waals surface area contributed by atoms with Crippen molar-refractivity contribution in [3.8, 4) is 0 Å². The molecule has 2 aromatic heterocycles. The number of hydrogen-bond acceptors (Lipinski definition) is 1. The first-order valence-corrected chi connectivity index (χ1v) is 5.80. The lowest BCUT2D eigenvalue weighted by Gasteiger charge is -1.99. The van der Waals surface area contributed by atoms with Crippen LogP contribution in [0.1, 0.15) is 17.7 Å². The lowest BCUT2D eigenvalue weighted by atomic mass is 10.1. The van der Waals surface area contributed by atoms with E-state index in [1.54, 1.807) is 0 Å². The molecule has 0 unspecified atom stereocenters. The largest absolute Gasteiger partial charge is 0.356 e. The van der Waals surface area contributed by atoms with Crippen LogP contribution in [0.5, 0.6) is 0 Å². The molecule has 0 radical (unpaired) electrons. The molecule has 86 valence electrons. The number of pyridine rings is 1. The van der Waals surface area contributed by atoms with Crippen molar-refractivity contribution in [3.05, 3.63) is 41.7 Å². The first-order chi connectivity index (χ1) is 7.93. The summed E-state index contributed by atoms with van der Waals surface area (Å²) in [5.74, 6) is 0.